The van der Waals surface area contributed by atoms with Crippen LogP contribution >= 0.6 is 11.6 Å². The Bertz CT molecular complexity index is 1210. The molecule has 0 bridgehead atoms. The van der Waals surface area contributed by atoms with Crippen molar-refractivity contribution in [3.05, 3.63) is 82.9 Å². The summed E-state index contributed by atoms with van der Waals surface area (Å²) in [5, 5.41) is 3.18. The third kappa shape index (κ3) is 5.49. The van der Waals surface area contributed by atoms with Crippen molar-refractivity contribution in [3.63, 3.8) is 0 Å². The van der Waals surface area contributed by atoms with Crippen LogP contribution < -0.4 is 14.4 Å². The molecule has 6 nitrogen and oxygen atoms in total. The van der Waals surface area contributed by atoms with Crippen molar-refractivity contribution < 1.29 is 17.9 Å². The van der Waals surface area contributed by atoms with Gasteiger partial charge in [0.1, 0.15) is 12.3 Å². The van der Waals surface area contributed by atoms with Crippen LogP contribution in [-0.2, 0) is 27.7 Å². The first-order chi connectivity index (χ1) is 15.8. The molecule has 0 spiro atoms. The van der Waals surface area contributed by atoms with Crippen LogP contribution in [0.4, 0.5) is 11.4 Å². The Hall–Kier alpha value is -3.03. The number of carbonyl (C=O) groups is 1. The summed E-state index contributed by atoms with van der Waals surface area (Å²) in [6.45, 7) is 3.60. The van der Waals surface area contributed by atoms with Gasteiger partial charge in [-0.25, -0.2) is 8.42 Å². The zero-order valence-corrected chi connectivity index (χ0v) is 20.4. The summed E-state index contributed by atoms with van der Waals surface area (Å²) >= 11 is 6.27. The number of hydrogen-bond acceptors (Lipinski definition) is 4. The minimum absolute atomic E-state index is 0.0768. The first-order valence-corrected chi connectivity index (χ1v) is 12.5. The van der Waals surface area contributed by atoms with Crippen molar-refractivity contribution in [3.8, 4) is 5.75 Å². The average Bonchev–Trinajstić information content (AvgIpc) is 2.83. The molecule has 0 aliphatic carbocycles. The summed E-state index contributed by atoms with van der Waals surface area (Å²) < 4.78 is 33.2. The molecule has 0 aliphatic heterocycles. The van der Waals surface area contributed by atoms with Gasteiger partial charge in [0.05, 0.1) is 22.7 Å². The molecule has 0 atom stereocenters. The van der Waals surface area contributed by atoms with Gasteiger partial charge in [-0.2, -0.15) is 0 Å². The van der Waals surface area contributed by atoms with Crippen LogP contribution in [0.5, 0.6) is 5.75 Å². The molecular formula is C25H27ClN2O4S. The highest BCUT2D eigenvalue weighted by molar-refractivity contribution is 7.92. The molecule has 0 aliphatic rings. The molecule has 0 fully saturated rings. The van der Waals surface area contributed by atoms with Crippen LogP contribution in [0.1, 0.15) is 25.0 Å². The van der Waals surface area contributed by atoms with Crippen molar-refractivity contribution in [1.29, 1.82) is 0 Å². The molecule has 3 rings (SSSR count). The number of aryl methyl sites for hydroxylation is 2. The van der Waals surface area contributed by atoms with Crippen LogP contribution in [0.3, 0.4) is 0 Å². The van der Waals surface area contributed by atoms with E-state index in [2.05, 4.69) is 5.32 Å². The number of benzene rings is 3. The fourth-order valence-corrected chi connectivity index (χ4v) is 5.24. The van der Waals surface area contributed by atoms with E-state index >= 15 is 0 Å². The lowest BCUT2D eigenvalue weighted by Crippen LogP contribution is -2.38. The van der Waals surface area contributed by atoms with Crippen LogP contribution in [0, 0.1) is 0 Å². The summed E-state index contributed by atoms with van der Waals surface area (Å²) in [7, 11) is -2.56. The molecule has 0 aromatic heterocycles. The predicted octanol–water partition coefficient (Wildman–Crippen LogP) is 5.31. The topological polar surface area (TPSA) is 75.7 Å². The smallest absolute Gasteiger partial charge is 0.264 e. The highest BCUT2D eigenvalue weighted by Crippen LogP contribution is 2.32. The zero-order valence-electron chi connectivity index (χ0n) is 18.8. The number of rotatable bonds is 9. The molecule has 0 radical (unpaired) electrons. The Balaban J connectivity index is 2.01. The molecule has 174 valence electrons. The van der Waals surface area contributed by atoms with Crippen molar-refractivity contribution in [1.82, 2.24) is 0 Å². The average molecular weight is 487 g/mol. The Morgan fingerprint density at radius 2 is 1.61 bits per heavy atom. The quantitative estimate of drug-likeness (QED) is 0.445. The van der Waals surface area contributed by atoms with Crippen LogP contribution in [-0.4, -0.2) is 28.0 Å². The molecule has 3 aromatic rings. The summed E-state index contributed by atoms with van der Waals surface area (Å²) in [5.41, 5.74) is 2.98. The zero-order chi connectivity index (χ0) is 24.0. The van der Waals surface area contributed by atoms with Crippen molar-refractivity contribution >= 4 is 38.9 Å². The largest absolute Gasteiger partial charge is 0.495 e. The van der Waals surface area contributed by atoms with Gasteiger partial charge >= 0.3 is 0 Å². The van der Waals surface area contributed by atoms with Crippen LogP contribution in [0.2, 0.25) is 5.02 Å². The maximum Gasteiger partial charge on any atom is 0.264 e. The first-order valence-electron chi connectivity index (χ1n) is 10.6. The van der Waals surface area contributed by atoms with E-state index < -0.39 is 22.5 Å². The van der Waals surface area contributed by atoms with Gasteiger partial charge in [-0.1, -0.05) is 61.8 Å². The van der Waals surface area contributed by atoms with Gasteiger partial charge < -0.3 is 10.1 Å². The predicted molar refractivity (Wildman–Crippen MR) is 133 cm³/mol. The molecule has 0 unspecified atom stereocenters. The minimum Gasteiger partial charge on any atom is -0.495 e. The second-order valence-corrected chi connectivity index (χ2v) is 9.62. The van der Waals surface area contributed by atoms with Gasteiger partial charge in [0.2, 0.25) is 5.91 Å². The summed E-state index contributed by atoms with van der Waals surface area (Å²) in [5.74, 6) is -0.0385. The lowest BCUT2D eigenvalue weighted by molar-refractivity contribution is -0.114. The Kier molecular flexibility index (Phi) is 8.00. The number of nitrogens with zero attached hydrogens (tertiary/aromatic N) is 1. The molecule has 8 heteroatoms. The molecule has 0 heterocycles. The summed E-state index contributed by atoms with van der Waals surface area (Å²) in [4.78, 5) is 13.2. The lowest BCUT2D eigenvalue weighted by atomic mass is 10.0. The second kappa shape index (κ2) is 10.7. The molecule has 1 N–H and O–H groups in total. The third-order valence-corrected chi connectivity index (χ3v) is 7.39. The van der Waals surface area contributed by atoms with Crippen LogP contribution in [0.25, 0.3) is 0 Å². The molecule has 1 amide bonds. The number of hydrogen-bond donors (Lipinski definition) is 1. The van der Waals surface area contributed by atoms with Gasteiger partial charge in [-0.3, -0.25) is 9.10 Å². The monoisotopic (exact) mass is 486 g/mol. The Morgan fingerprint density at radius 3 is 2.15 bits per heavy atom. The standard InChI is InChI=1S/C25H27ClN2O4S/c1-4-18-10-9-11-19(5-2)25(18)27-24(29)17-28(20-14-15-23(32-3)22(26)16-20)33(30,31)21-12-7-6-8-13-21/h6-16H,4-5,17H2,1-3H3,(H,27,29). The number of carbonyl (C=O) groups excluding carboxylic acids is 1. The van der Waals surface area contributed by atoms with Crippen molar-refractivity contribution in [2.75, 3.05) is 23.3 Å². The van der Waals surface area contributed by atoms with E-state index in [4.69, 9.17) is 16.3 Å². The highest BCUT2D eigenvalue weighted by Gasteiger charge is 2.28. The van der Waals surface area contributed by atoms with Crippen LogP contribution in [0.15, 0.2) is 71.6 Å². The van der Waals surface area contributed by atoms with E-state index in [1.165, 1.54) is 25.3 Å². The van der Waals surface area contributed by atoms with Gasteiger partial charge in [-0.05, 0) is 54.3 Å². The summed E-state index contributed by atoms with van der Waals surface area (Å²) in [6, 6.07) is 18.5. The summed E-state index contributed by atoms with van der Waals surface area (Å²) in [6.07, 6.45) is 1.48. The highest BCUT2D eigenvalue weighted by atomic mass is 35.5. The second-order valence-electron chi connectivity index (χ2n) is 7.35. The van der Waals surface area contributed by atoms with E-state index in [1.807, 2.05) is 32.0 Å². The Labute approximate surface area is 200 Å². The van der Waals surface area contributed by atoms with Gasteiger partial charge in [0.15, 0.2) is 0 Å². The number of methoxy groups -OCH3 is 1. The number of sulfonamides is 1. The maximum absolute atomic E-state index is 13.5. The SMILES string of the molecule is CCc1cccc(CC)c1NC(=O)CN(c1ccc(OC)c(Cl)c1)S(=O)(=O)c1ccccc1. The van der Waals surface area contributed by atoms with Gasteiger partial charge in [0, 0.05) is 5.69 Å². The molecular weight excluding hydrogens is 460 g/mol. The van der Waals surface area contributed by atoms with Gasteiger partial charge in [0.25, 0.3) is 10.0 Å². The number of ether oxygens (including phenoxy) is 1. The van der Waals surface area contributed by atoms with E-state index in [-0.39, 0.29) is 15.6 Å². The van der Waals surface area contributed by atoms with E-state index in [1.54, 1.807) is 30.3 Å². The fourth-order valence-electron chi connectivity index (χ4n) is 3.56. The molecule has 3 aromatic carbocycles. The number of anilines is 2. The first kappa shape index (κ1) is 24.6. The van der Waals surface area contributed by atoms with E-state index in [0.29, 0.717) is 5.75 Å². The molecule has 0 saturated carbocycles. The molecule has 33 heavy (non-hydrogen) atoms. The normalized spacial score (nSPS) is 11.2. The van der Waals surface area contributed by atoms with Crippen molar-refractivity contribution in [2.24, 2.45) is 0 Å². The molecule has 0 saturated heterocycles. The fraction of sp³-hybridized carbons (Fsp3) is 0.240. The Morgan fingerprint density at radius 1 is 0.970 bits per heavy atom. The van der Waals surface area contributed by atoms with Crippen molar-refractivity contribution in [2.45, 2.75) is 31.6 Å². The number of para-hydroxylation sites is 1. The maximum atomic E-state index is 13.5. The minimum atomic E-state index is -4.04. The van der Waals surface area contributed by atoms with E-state index in [9.17, 15) is 13.2 Å². The number of amides is 1. The van der Waals surface area contributed by atoms with Gasteiger partial charge in [-0.15, -0.1) is 0 Å². The number of nitrogens with one attached hydrogen (secondary N) is 1. The van der Waals surface area contributed by atoms with E-state index in [0.717, 1.165) is 34.0 Å². The number of halogens is 1. The lowest BCUT2D eigenvalue weighted by Gasteiger charge is -2.25. The third-order valence-electron chi connectivity index (χ3n) is 5.31.